The summed E-state index contributed by atoms with van der Waals surface area (Å²) in [7, 11) is 0. The normalized spacial score (nSPS) is 13.2. The number of alkyl carbamates (subject to hydrolysis) is 1. The number of benzene rings is 2. The van der Waals surface area contributed by atoms with Crippen molar-refractivity contribution in [2.24, 2.45) is 0 Å². The van der Waals surface area contributed by atoms with Crippen LogP contribution in [-0.2, 0) is 16.0 Å². The third-order valence-corrected chi connectivity index (χ3v) is 5.35. The van der Waals surface area contributed by atoms with E-state index in [4.69, 9.17) is 4.74 Å². The topological polar surface area (TPSA) is 88.5 Å². The lowest BCUT2D eigenvalue weighted by Crippen LogP contribution is -2.42. The van der Waals surface area contributed by atoms with E-state index in [1.807, 2.05) is 49.4 Å². The van der Waals surface area contributed by atoms with Gasteiger partial charge in [-0.1, -0.05) is 54.6 Å². The first-order valence-electron chi connectivity index (χ1n) is 9.79. The molecule has 2 N–H and O–H groups in total. The Morgan fingerprint density at radius 1 is 1.03 bits per heavy atom. The van der Waals surface area contributed by atoms with Crippen molar-refractivity contribution in [3.8, 4) is 11.1 Å². The van der Waals surface area contributed by atoms with Gasteiger partial charge in [0.05, 0.1) is 0 Å². The molecule has 1 amide bonds. The summed E-state index contributed by atoms with van der Waals surface area (Å²) >= 11 is 0. The molecule has 0 saturated carbocycles. The highest BCUT2D eigenvalue weighted by Gasteiger charge is 2.29. The van der Waals surface area contributed by atoms with Crippen molar-refractivity contribution in [3.05, 3.63) is 89.2 Å². The molecule has 152 valence electrons. The van der Waals surface area contributed by atoms with Crippen LogP contribution in [-0.4, -0.2) is 34.8 Å². The predicted molar refractivity (Wildman–Crippen MR) is 112 cm³/mol. The number of pyridine rings is 1. The molecule has 6 nitrogen and oxygen atoms in total. The monoisotopic (exact) mass is 402 g/mol. The highest BCUT2D eigenvalue weighted by atomic mass is 16.5. The molecule has 0 spiro atoms. The first-order chi connectivity index (χ1) is 14.5. The van der Waals surface area contributed by atoms with Gasteiger partial charge in [0.1, 0.15) is 12.6 Å². The number of nitrogens with one attached hydrogen (secondary N) is 1. The van der Waals surface area contributed by atoms with Crippen molar-refractivity contribution in [3.63, 3.8) is 0 Å². The van der Waals surface area contributed by atoms with E-state index < -0.39 is 18.1 Å². The van der Waals surface area contributed by atoms with Gasteiger partial charge in [-0.3, -0.25) is 4.98 Å². The van der Waals surface area contributed by atoms with E-state index in [0.717, 1.165) is 33.5 Å². The van der Waals surface area contributed by atoms with Crippen LogP contribution in [0.4, 0.5) is 4.79 Å². The molecule has 0 fully saturated rings. The number of hydrogen-bond donors (Lipinski definition) is 2. The SMILES string of the molecule is Cc1ccc(CC(NC(=O)OCC2c3ccccc3-c3ccccc32)C(=O)O)cn1. The molecule has 0 saturated heterocycles. The number of carbonyl (C=O) groups excluding carboxylic acids is 1. The van der Waals surface area contributed by atoms with Crippen LogP contribution in [0.5, 0.6) is 0 Å². The lowest BCUT2D eigenvalue weighted by Gasteiger charge is -2.17. The standard InChI is InChI=1S/C24H22N2O4/c1-15-10-11-16(13-25-15)12-22(23(27)28)26-24(29)30-14-21-19-8-4-2-6-17(19)18-7-3-5-9-20(18)21/h2-11,13,21-22H,12,14H2,1H3,(H,26,29)(H,27,28). The Balaban J connectivity index is 1.43. The quantitative estimate of drug-likeness (QED) is 0.652. The Morgan fingerprint density at radius 2 is 1.67 bits per heavy atom. The average molecular weight is 402 g/mol. The maximum absolute atomic E-state index is 12.4. The molecular formula is C24H22N2O4. The predicted octanol–water partition coefficient (Wildman–Crippen LogP) is 3.92. The van der Waals surface area contributed by atoms with Crippen LogP contribution < -0.4 is 5.32 Å². The maximum atomic E-state index is 12.4. The van der Waals surface area contributed by atoms with Crippen molar-refractivity contribution in [2.45, 2.75) is 25.3 Å². The minimum Gasteiger partial charge on any atom is -0.480 e. The molecule has 6 heteroatoms. The van der Waals surface area contributed by atoms with E-state index >= 15 is 0 Å². The number of carbonyl (C=O) groups is 2. The van der Waals surface area contributed by atoms with Gasteiger partial charge < -0.3 is 15.2 Å². The summed E-state index contributed by atoms with van der Waals surface area (Å²) in [5.41, 5.74) is 6.05. The minimum atomic E-state index is -1.12. The molecule has 2 aromatic carbocycles. The molecular weight excluding hydrogens is 380 g/mol. The summed E-state index contributed by atoms with van der Waals surface area (Å²) in [6.45, 7) is 1.99. The Bertz CT molecular complexity index is 1030. The zero-order valence-corrected chi connectivity index (χ0v) is 16.5. The first-order valence-corrected chi connectivity index (χ1v) is 9.79. The molecule has 1 unspecified atom stereocenters. The highest BCUT2D eigenvalue weighted by Crippen LogP contribution is 2.44. The van der Waals surface area contributed by atoms with Crippen LogP contribution in [0.15, 0.2) is 66.9 Å². The van der Waals surface area contributed by atoms with Gasteiger partial charge in [-0.05, 0) is 40.8 Å². The molecule has 0 bridgehead atoms. The number of carboxylic acids is 1. The van der Waals surface area contributed by atoms with Gasteiger partial charge in [0.2, 0.25) is 0 Å². The van der Waals surface area contributed by atoms with Crippen LogP contribution >= 0.6 is 0 Å². The van der Waals surface area contributed by atoms with Crippen molar-refractivity contribution in [1.82, 2.24) is 10.3 Å². The second-order valence-electron chi connectivity index (χ2n) is 7.37. The second-order valence-corrected chi connectivity index (χ2v) is 7.37. The first kappa shape index (κ1) is 19.6. The molecule has 0 aliphatic heterocycles. The van der Waals surface area contributed by atoms with E-state index in [1.54, 1.807) is 12.3 Å². The van der Waals surface area contributed by atoms with E-state index in [2.05, 4.69) is 22.4 Å². The van der Waals surface area contributed by atoms with Gasteiger partial charge in [0.25, 0.3) is 0 Å². The number of aliphatic carboxylic acids is 1. The molecule has 1 heterocycles. The summed E-state index contributed by atoms with van der Waals surface area (Å²) in [6, 6.07) is 18.6. The van der Waals surface area contributed by atoms with Crippen molar-refractivity contribution in [1.29, 1.82) is 0 Å². The number of aromatic nitrogens is 1. The van der Waals surface area contributed by atoms with E-state index in [-0.39, 0.29) is 18.9 Å². The van der Waals surface area contributed by atoms with Crippen LogP contribution in [0.1, 0.15) is 28.3 Å². The van der Waals surface area contributed by atoms with Crippen LogP contribution in [0.3, 0.4) is 0 Å². The van der Waals surface area contributed by atoms with Gasteiger partial charge in [-0.15, -0.1) is 0 Å². The fraction of sp³-hybridized carbons (Fsp3) is 0.208. The molecule has 4 rings (SSSR count). The smallest absolute Gasteiger partial charge is 0.407 e. The summed E-state index contributed by atoms with van der Waals surface area (Å²) in [5, 5.41) is 12.0. The Hall–Kier alpha value is -3.67. The van der Waals surface area contributed by atoms with Gasteiger partial charge in [0.15, 0.2) is 0 Å². The molecule has 1 aliphatic rings. The van der Waals surface area contributed by atoms with Crippen molar-refractivity contribution >= 4 is 12.1 Å². The molecule has 1 aromatic heterocycles. The number of carboxylic acid groups (broad SMARTS) is 1. The third-order valence-electron chi connectivity index (χ3n) is 5.35. The zero-order chi connectivity index (χ0) is 21.1. The zero-order valence-electron chi connectivity index (χ0n) is 16.5. The van der Waals surface area contributed by atoms with E-state index in [0.29, 0.717) is 0 Å². The van der Waals surface area contributed by atoms with Crippen LogP contribution in [0, 0.1) is 6.92 Å². The number of aryl methyl sites for hydroxylation is 1. The lowest BCUT2D eigenvalue weighted by molar-refractivity contribution is -0.139. The fourth-order valence-corrected chi connectivity index (χ4v) is 3.84. The van der Waals surface area contributed by atoms with Crippen molar-refractivity contribution < 1.29 is 19.4 Å². The molecule has 1 atom stereocenters. The van der Waals surface area contributed by atoms with Crippen LogP contribution in [0.25, 0.3) is 11.1 Å². The number of amides is 1. The molecule has 3 aromatic rings. The Kier molecular flexibility index (Phi) is 5.48. The number of nitrogens with zero attached hydrogens (tertiary/aromatic N) is 1. The van der Waals surface area contributed by atoms with Crippen molar-refractivity contribution in [2.75, 3.05) is 6.61 Å². The van der Waals surface area contributed by atoms with E-state index in [1.165, 1.54) is 0 Å². The average Bonchev–Trinajstić information content (AvgIpc) is 3.07. The third kappa shape index (κ3) is 4.03. The van der Waals surface area contributed by atoms with Gasteiger partial charge in [0, 0.05) is 24.2 Å². The summed E-state index contributed by atoms with van der Waals surface area (Å²) in [6.07, 6.45) is 1.00. The fourth-order valence-electron chi connectivity index (χ4n) is 3.84. The van der Waals surface area contributed by atoms with Gasteiger partial charge in [-0.2, -0.15) is 0 Å². The van der Waals surface area contributed by atoms with Crippen LogP contribution in [0.2, 0.25) is 0 Å². The maximum Gasteiger partial charge on any atom is 0.407 e. The Labute approximate surface area is 174 Å². The highest BCUT2D eigenvalue weighted by molar-refractivity contribution is 5.81. The minimum absolute atomic E-state index is 0.0762. The summed E-state index contributed by atoms with van der Waals surface area (Å²) in [4.78, 5) is 28.1. The number of ether oxygens (including phenoxy) is 1. The van der Waals surface area contributed by atoms with E-state index in [9.17, 15) is 14.7 Å². The number of hydrogen-bond acceptors (Lipinski definition) is 4. The van der Waals surface area contributed by atoms with Gasteiger partial charge in [-0.25, -0.2) is 9.59 Å². The Morgan fingerprint density at radius 3 is 2.23 bits per heavy atom. The van der Waals surface area contributed by atoms with Gasteiger partial charge >= 0.3 is 12.1 Å². The molecule has 30 heavy (non-hydrogen) atoms. The lowest BCUT2D eigenvalue weighted by atomic mass is 9.98. The largest absolute Gasteiger partial charge is 0.480 e. The molecule has 1 aliphatic carbocycles. The summed E-state index contributed by atoms with van der Waals surface area (Å²) in [5.74, 6) is -1.20. The number of fused-ring (bicyclic) bond motifs is 3. The number of rotatable bonds is 6. The second kappa shape index (κ2) is 8.37. The molecule has 0 radical (unpaired) electrons. The summed E-state index contributed by atoms with van der Waals surface area (Å²) < 4.78 is 5.45.